The second-order valence-electron chi connectivity index (χ2n) is 6.40. The Labute approximate surface area is 137 Å². The molecule has 22 heavy (non-hydrogen) atoms. The lowest BCUT2D eigenvalue weighted by molar-refractivity contribution is 0.0766. The smallest absolute Gasteiger partial charge is 0.125 e. The average molecular weight is 309 g/mol. The van der Waals surface area contributed by atoms with Crippen LogP contribution in [0, 0.1) is 0 Å². The van der Waals surface area contributed by atoms with Crippen LogP contribution in [0.4, 0.5) is 0 Å². The second kappa shape index (κ2) is 12.7. The fourth-order valence-electron chi connectivity index (χ4n) is 2.96. The molecule has 3 heteroatoms. The van der Waals surface area contributed by atoms with Crippen molar-refractivity contribution in [2.75, 3.05) is 13.1 Å². The van der Waals surface area contributed by atoms with E-state index in [1.807, 2.05) is 11.8 Å². The maximum Gasteiger partial charge on any atom is 0.125 e. The van der Waals surface area contributed by atoms with E-state index in [9.17, 15) is 5.11 Å². The van der Waals surface area contributed by atoms with Gasteiger partial charge in [-0.25, -0.2) is 0 Å². The van der Waals surface area contributed by atoms with Crippen molar-refractivity contribution in [2.45, 2.75) is 90.7 Å². The molecule has 1 aliphatic rings. The number of nitrogens with zero attached hydrogens (tertiary/aromatic N) is 2. The zero-order valence-electron chi connectivity index (χ0n) is 14.8. The van der Waals surface area contributed by atoms with E-state index < -0.39 is 6.23 Å². The van der Waals surface area contributed by atoms with E-state index in [1.54, 1.807) is 0 Å². The summed E-state index contributed by atoms with van der Waals surface area (Å²) in [5.41, 5.74) is 0. The zero-order valence-corrected chi connectivity index (χ0v) is 14.8. The minimum Gasteiger partial charge on any atom is -0.374 e. The zero-order chi connectivity index (χ0) is 16.0. The van der Waals surface area contributed by atoms with Gasteiger partial charge < -0.3 is 10.0 Å². The van der Waals surface area contributed by atoms with Gasteiger partial charge in [0, 0.05) is 13.0 Å². The fraction of sp³-hybridized carbons (Fsp3) is 0.842. The van der Waals surface area contributed by atoms with E-state index in [0.29, 0.717) is 0 Å². The van der Waals surface area contributed by atoms with E-state index in [4.69, 9.17) is 0 Å². The van der Waals surface area contributed by atoms with Crippen molar-refractivity contribution in [3.05, 3.63) is 12.2 Å². The summed E-state index contributed by atoms with van der Waals surface area (Å²) in [4.78, 5) is 6.50. The van der Waals surface area contributed by atoms with Gasteiger partial charge in [0.2, 0.25) is 0 Å². The molecular formula is C19H36N2O. The summed E-state index contributed by atoms with van der Waals surface area (Å²) in [6, 6.07) is 0. The highest BCUT2D eigenvalue weighted by atomic mass is 16.3. The first-order valence-corrected chi connectivity index (χ1v) is 9.38. The topological polar surface area (TPSA) is 35.8 Å². The highest BCUT2D eigenvalue weighted by molar-refractivity contribution is 5.83. The van der Waals surface area contributed by atoms with Crippen LogP contribution >= 0.6 is 0 Å². The number of allylic oxidation sites excluding steroid dienone is 2. The molecule has 0 aromatic carbocycles. The summed E-state index contributed by atoms with van der Waals surface area (Å²) < 4.78 is 0. The number of rotatable bonds is 13. The quantitative estimate of drug-likeness (QED) is 0.388. The lowest BCUT2D eigenvalue weighted by Crippen LogP contribution is -2.35. The Hall–Kier alpha value is -0.830. The molecular weight excluding hydrogens is 272 g/mol. The summed E-state index contributed by atoms with van der Waals surface area (Å²) in [5, 5.41) is 9.64. The van der Waals surface area contributed by atoms with Gasteiger partial charge >= 0.3 is 0 Å². The number of aliphatic imine (C=N–C) groups is 1. The first-order valence-electron chi connectivity index (χ1n) is 9.38. The Morgan fingerprint density at radius 1 is 1.05 bits per heavy atom. The van der Waals surface area contributed by atoms with E-state index >= 15 is 0 Å². The summed E-state index contributed by atoms with van der Waals surface area (Å²) in [5.74, 6) is 1.09. The average Bonchev–Trinajstić information content (AvgIpc) is 2.97. The van der Waals surface area contributed by atoms with Gasteiger partial charge in [-0.3, -0.25) is 4.99 Å². The molecule has 1 rings (SSSR count). The SMILES string of the molecule is CCCCCCCCC/C=C/CCCC1=NCCN1C(C)O. The summed E-state index contributed by atoms with van der Waals surface area (Å²) in [6.45, 7) is 5.81. The minimum atomic E-state index is -0.394. The molecule has 128 valence electrons. The van der Waals surface area contributed by atoms with Crippen molar-refractivity contribution in [3.63, 3.8) is 0 Å². The largest absolute Gasteiger partial charge is 0.374 e. The Bertz CT molecular complexity index is 323. The van der Waals surface area contributed by atoms with Crippen LogP contribution in [0.5, 0.6) is 0 Å². The van der Waals surface area contributed by atoms with E-state index in [2.05, 4.69) is 24.1 Å². The number of hydrogen-bond acceptors (Lipinski definition) is 3. The molecule has 0 saturated heterocycles. The van der Waals surface area contributed by atoms with E-state index in [1.165, 1.54) is 51.4 Å². The number of aliphatic hydroxyl groups is 1. The van der Waals surface area contributed by atoms with Crippen molar-refractivity contribution < 1.29 is 5.11 Å². The van der Waals surface area contributed by atoms with Crippen molar-refractivity contribution in [3.8, 4) is 0 Å². The van der Waals surface area contributed by atoms with Crippen LogP contribution in [0.2, 0.25) is 0 Å². The minimum absolute atomic E-state index is 0.394. The van der Waals surface area contributed by atoms with Gasteiger partial charge in [0.15, 0.2) is 0 Å². The molecule has 0 aromatic rings. The predicted molar refractivity (Wildman–Crippen MR) is 96.3 cm³/mol. The molecule has 1 heterocycles. The van der Waals surface area contributed by atoms with Gasteiger partial charge in [-0.2, -0.15) is 0 Å². The van der Waals surface area contributed by atoms with Gasteiger partial charge in [0.05, 0.1) is 6.54 Å². The predicted octanol–water partition coefficient (Wildman–Crippen LogP) is 4.91. The molecule has 1 atom stereocenters. The maximum absolute atomic E-state index is 9.64. The van der Waals surface area contributed by atoms with E-state index in [0.717, 1.165) is 38.2 Å². The highest BCUT2D eigenvalue weighted by Gasteiger charge is 2.19. The Morgan fingerprint density at radius 2 is 1.68 bits per heavy atom. The summed E-state index contributed by atoms with van der Waals surface area (Å²) >= 11 is 0. The molecule has 0 saturated carbocycles. The van der Waals surface area contributed by atoms with Crippen molar-refractivity contribution in [2.24, 2.45) is 4.99 Å². The van der Waals surface area contributed by atoms with E-state index in [-0.39, 0.29) is 0 Å². The molecule has 0 radical (unpaired) electrons. The standard InChI is InChI=1S/C19H36N2O/c1-3-4-5-6-7-8-9-10-11-12-13-14-15-19-20-16-17-21(19)18(2)22/h11-12,18,22H,3-10,13-17H2,1-2H3/b12-11+. The monoisotopic (exact) mass is 308 g/mol. The van der Waals surface area contributed by atoms with Crippen LogP contribution in [0.25, 0.3) is 0 Å². The fourth-order valence-corrected chi connectivity index (χ4v) is 2.96. The van der Waals surface area contributed by atoms with Crippen LogP contribution in [0.3, 0.4) is 0 Å². The van der Waals surface area contributed by atoms with Gasteiger partial charge in [-0.15, -0.1) is 0 Å². The first kappa shape index (κ1) is 19.2. The highest BCUT2D eigenvalue weighted by Crippen LogP contribution is 2.12. The molecule has 0 bridgehead atoms. The van der Waals surface area contributed by atoms with Gasteiger partial charge in [-0.05, 0) is 32.6 Å². The van der Waals surface area contributed by atoms with Crippen LogP contribution in [-0.4, -0.2) is 35.2 Å². The molecule has 1 unspecified atom stereocenters. The van der Waals surface area contributed by atoms with Gasteiger partial charge in [-0.1, -0.05) is 57.6 Å². The number of hydrogen-bond donors (Lipinski definition) is 1. The Kier molecular flexibility index (Phi) is 11.1. The third-order valence-electron chi connectivity index (χ3n) is 4.33. The summed E-state index contributed by atoms with van der Waals surface area (Å²) in [7, 11) is 0. The van der Waals surface area contributed by atoms with Gasteiger partial charge in [0.25, 0.3) is 0 Å². The molecule has 1 N–H and O–H groups in total. The number of unbranched alkanes of at least 4 members (excludes halogenated alkanes) is 8. The lowest BCUT2D eigenvalue weighted by Gasteiger charge is -2.23. The van der Waals surface area contributed by atoms with Crippen molar-refractivity contribution in [1.29, 1.82) is 0 Å². The number of aliphatic hydroxyl groups excluding tert-OH is 1. The lowest BCUT2D eigenvalue weighted by atomic mass is 10.1. The van der Waals surface area contributed by atoms with Crippen LogP contribution in [0.1, 0.15) is 84.5 Å². The van der Waals surface area contributed by atoms with Crippen molar-refractivity contribution in [1.82, 2.24) is 4.90 Å². The molecule has 0 amide bonds. The molecule has 0 aliphatic carbocycles. The Morgan fingerprint density at radius 3 is 2.36 bits per heavy atom. The maximum atomic E-state index is 9.64. The Balaban J connectivity index is 1.92. The third-order valence-corrected chi connectivity index (χ3v) is 4.33. The molecule has 0 aromatic heterocycles. The number of amidine groups is 1. The van der Waals surface area contributed by atoms with Gasteiger partial charge in [0.1, 0.15) is 12.1 Å². The van der Waals surface area contributed by atoms with Crippen molar-refractivity contribution >= 4 is 5.84 Å². The normalized spacial score (nSPS) is 16.5. The molecule has 0 spiro atoms. The second-order valence-corrected chi connectivity index (χ2v) is 6.40. The van der Waals surface area contributed by atoms with Crippen LogP contribution < -0.4 is 0 Å². The van der Waals surface area contributed by atoms with Crippen LogP contribution in [0.15, 0.2) is 17.1 Å². The third kappa shape index (κ3) is 8.57. The molecule has 3 nitrogen and oxygen atoms in total. The first-order chi connectivity index (χ1) is 10.8. The molecule has 1 aliphatic heterocycles. The molecule has 0 fully saturated rings. The van der Waals surface area contributed by atoms with Crippen LogP contribution in [-0.2, 0) is 0 Å². The summed E-state index contributed by atoms with van der Waals surface area (Å²) in [6.07, 6.45) is 18.5.